The molecule has 1 aliphatic heterocycles. The summed E-state index contributed by atoms with van der Waals surface area (Å²) in [6, 6.07) is 7.10. The van der Waals surface area contributed by atoms with E-state index in [1.165, 1.54) is 0 Å². The van der Waals surface area contributed by atoms with E-state index in [0.29, 0.717) is 11.3 Å². The molecule has 0 bridgehead atoms. The normalized spacial score (nSPS) is 19.4. The fourth-order valence-corrected chi connectivity index (χ4v) is 1.86. The molecule has 0 saturated carbocycles. The number of nitriles is 1. The summed E-state index contributed by atoms with van der Waals surface area (Å²) in [5.41, 5.74) is 0.575. The lowest BCUT2D eigenvalue weighted by atomic mass is 10.1. The summed E-state index contributed by atoms with van der Waals surface area (Å²) in [7, 11) is 0. The number of Topliss-reactive ketones (excluding diaryl/α,β-unsaturated/α-hetero) is 1. The van der Waals surface area contributed by atoms with Crippen molar-refractivity contribution in [2.45, 2.75) is 5.25 Å². The van der Waals surface area contributed by atoms with Crippen molar-refractivity contribution in [1.29, 1.82) is 5.26 Å². The van der Waals surface area contributed by atoms with E-state index in [9.17, 15) is 4.79 Å². The van der Waals surface area contributed by atoms with Crippen LogP contribution >= 0.6 is 11.8 Å². The lowest BCUT2D eigenvalue weighted by molar-refractivity contribution is 0.0943. The zero-order valence-corrected chi connectivity index (χ0v) is 8.08. The Hall–Kier alpha value is -1.47. The van der Waals surface area contributed by atoms with Gasteiger partial charge in [-0.1, -0.05) is 12.1 Å². The molecular formula is C10H7NO2S. The van der Waals surface area contributed by atoms with Gasteiger partial charge < -0.3 is 4.74 Å². The van der Waals surface area contributed by atoms with Crippen molar-refractivity contribution in [3.8, 4) is 11.2 Å². The van der Waals surface area contributed by atoms with Crippen molar-refractivity contribution in [2.24, 2.45) is 0 Å². The molecular weight excluding hydrogens is 198 g/mol. The van der Waals surface area contributed by atoms with E-state index in [1.54, 1.807) is 18.2 Å². The van der Waals surface area contributed by atoms with Crippen molar-refractivity contribution in [2.75, 3.05) is 6.61 Å². The lowest BCUT2D eigenvalue weighted by Crippen LogP contribution is -2.29. The van der Waals surface area contributed by atoms with Gasteiger partial charge in [0, 0.05) is 0 Å². The van der Waals surface area contributed by atoms with Crippen LogP contribution in [-0.4, -0.2) is 17.6 Å². The van der Waals surface area contributed by atoms with Gasteiger partial charge in [-0.2, -0.15) is 5.26 Å². The maximum absolute atomic E-state index is 11.8. The zero-order valence-electron chi connectivity index (χ0n) is 7.27. The number of hydrogen-bond donors (Lipinski definition) is 0. The van der Waals surface area contributed by atoms with Crippen LogP contribution in [0.1, 0.15) is 10.4 Å². The smallest absolute Gasteiger partial charge is 0.184 e. The molecule has 0 aliphatic carbocycles. The van der Waals surface area contributed by atoms with Crippen LogP contribution in [-0.2, 0) is 0 Å². The summed E-state index contributed by atoms with van der Waals surface area (Å²) < 4.78 is 5.37. The molecule has 0 spiro atoms. The number of nitrogens with zero attached hydrogens (tertiary/aromatic N) is 1. The minimum Gasteiger partial charge on any atom is -0.491 e. The SMILES string of the molecule is N#CSC1COc2ccccc2C1=O. The standard InChI is InChI=1S/C10H7NO2S/c11-6-14-9-5-13-8-4-2-1-3-7(8)10(9)12/h1-4,9H,5H2. The van der Waals surface area contributed by atoms with Gasteiger partial charge in [0.2, 0.25) is 0 Å². The van der Waals surface area contributed by atoms with Gasteiger partial charge in [-0.25, -0.2) is 0 Å². The van der Waals surface area contributed by atoms with Gasteiger partial charge in [0.15, 0.2) is 5.78 Å². The molecule has 1 heterocycles. The van der Waals surface area contributed by atoms with Crippen molar-refractivity contribution >= 4 is 17.5 Å². The Morgan fingerprint density at radius 2 is 2.29 bits per heavy atom. The average molecular weight is 205 g/mol. The molecule has 2 rings (SSSR count). The lowest BCUT2D eigenvalue weighted by Gasteiger charge is -2.21. The minimum absolute atomic E-state index is 0.0154. The first kappa shape index (κ1) is 9.10. The summed E-state index contributed by atoms with van der Waals surface area (Å²) in [5.74, 6) is 0.602. The Bertz CT molecular complexity index is 411. The van der Waals surface area contributed by atoms with Gasteiger partial charge in [-0.05, 0) is 23.9 Å². The summed E-state index contributed by atoms with van der Waals surface area (Å²) in [5, 5.41) is 10.0. The highest BCUT2D eigenvalue weighted by atomic mass is 32.2. The molecule has 1 aromatic carbocycles. The van der Waals surface area contributed by atoms with Crippen LogP contribution in [0, 0.1) is 10.7 Å². The van der Waals surface area contributed by atoms with Crippen molar-refractivity contribution < 1.29 is 9.53 Å². The maximum atomic E-state index is 11.8. The van der Waals surface area contributed by atoms with Crippen LogP contribution in [0.25, 0.3) is 0 Å². The molecule has 0 fully saturated rings. The summed E-state index contributed by atoms with van der Waals surface area (Å²) in [4.78, 5) is 11.8. The molecule has 0 saturated heterocycles. The number of thioether (sulfide) groups is 1. The van der Waals surface area contributed by atoms with E-state index in [-0.39, 0.29) is 17.6 Å². The Morgan fingerprint density at radius 1 is 1.50 bits per heavy atom. The second-order valence-corrected chi connectivity index (χ2v) is 3.86. The summed E-state index contributed by atoms with van der Waals surface area (Å²) in [6.45, 7) is 0.286. The fourth-order valence-electron chi connectivity index (χ4n) is 1.36. The third-order valence-corrected chi connectivity index (χ3v) is 2.77. The van der Waals surface area contributed by atoms with Gasteiger partial charge >= 0.3 is 0 Å². The van der Waals surface area contributed by atoms with Crippen LogP contribution in [0.15, 0.2) is 24.3 Å². The first-order valence-corrected chi connectivity index (χ1v) is 5.01. The van der Waals surface area contributed by atoms with Crippen LogP contribution in [0.2, 0.25) is 0 Å². The summed E-state index contributed by atoms with van der Waals surface area (Å²) in [6.07, 6.45) is 0. The first-order valence-electron chi connectivity index (χ1n) is 4.13. The fraction of sp³-hybridized carbons (Fsp3) is 0.200. The van der Waals surface area contributed by atoms with Gasteiger partial charge in [0.05, 0.1) is 5.56 Å². The van der Waals surface area contributed by atoms with Gasteiger partial charge in [-0.15, -0.1) is 0 Å². The number of hydrogen-bond acceptors (Lipinski definition) is 4. The quantitative estimate of drug-likeness (QED) is 0.656. The maximum Gasteiger partial charge on any atom is 0.184 e. The van der Waals surface area contributed by atoms with Gasteiger partial charge in [-0.3, -0.25) is 4.79 Å². The highest BCUT2D eigenvalue weighted by molar-refractivity contribution is 8.05. The molecule has 1 aromatic rings. The van der Waals surface area contributed by atoms with Crippen LogP contribution in [0.3, 0.4) is 0 Å². The largest absolute Gasteiger partial charge is 0.491 e. The topological polar surface area (TPSA) is 50.1 Å². The number of rotatable bonds is 1. The molecule has 4 heteroatoms. The van der Waals surface area contributed by atoms with Crippen molar-refractivity contribution in [3.63, 3.8) is 0 Å². The number of thiocyanates is 1. The second-order valence-electron chi connectivity index (χ2n) is 2.87. The first-order chi connectivity index (χ1) is 6.83. The van der Waals surface area contributed by atoms with E-state index in [0.717, 1.165) is 11.8 Å². The molecule has 0 aromatic heterocycles. The van der Waals surface area contributed by atoms with Crippen LogP contribution < -0.4 is 4.74 Å². The van der Waals surface area contributed by atoms with Crippen molar-refractivity contribution in [3.05, 3.63) is 29.8 Å². The molecule has 1 unspecified atom stereocenters. The Labute approximate surface area is 85.7 Å². The molecule has 1 atom stereocenters. The molecule has 0 amide bonds. The Kier molecular flexibility index (Phi) is 2.42. The third kappa shape index (κ3) is 1.47. The number of carbonyl (C=O) groups is 1. The number of carbonyl (C=O) groups excluding carboxylic acids is 1. The number of para-hydroxylation sites is 1. The monoisotopic (exact) mass is 205 g/mol. The van der Waals surface area contributed by atoms with E-state index >= 15 is 0 Å². The zero-order chi connectivity index (χ0) is 9.97. The van der Waals surface area contributed by atoms with E-state index < -0.39 is 0 Å². The van der Waals surface area contributed by atoms with Gasteiger partial charge in [0.25, 0.3) is 0 Å². The third-order valence-electron chi connectivity index (χ3n) is 2.03. The number of benzene rings is 1. The molecule has 0 N–H and O–H groups in total. The highest BCUT2D eigenvalue weighted by Crippen LogP contribution is 2.28. The molecule has 1 aliphatic rings. The highest BCUT2D eigenvalue weighted by Gasteiger charge is 2.28. The van der Waals surface area contributed by atoms with Crippen molar-refractivity contribution in [1.82, 2.24) is 0 Å². The molecule has 70 valence electrons. The summed E-state index contributed by atoms with van der Waals surface area (Å²) >= 11 is 0.955. The minimum atomic E-state index is -0.380. The number of ether oxygens (including phenoxy) is 1. The van der Waals surface area contributed by atoms with E-state index in [2.05, 4.69) is 0 Å². The van der Waals surface area contributed by atoms with Gasteiger partial charge in [0.1, 0.15) is 23.0 Å². The second kappa shape index (κ2) is 3.72. The number of ketones is 1. The molecule has 0 radical (unpaired) electrons. The predicted octanol–water partition coefficient (Wildman–Crippen LogP) is 1.84. The Balaban J connectivity index is 2.33. The van der Waals surface area contributed by atoms with E-state index in [1.807, 2.05) is 11.5 Å². The molecule has 14 heavy (non-hydrogen) atoms. The predicted molar refractivity (Wildman–Crippen MR) is 53.3 cm³/mol. The van der Waals surface area contributed by atoms with Crippen LogP contribution in [0.5, 0.6) is 5.75 Å². The van der Waals surface area contributed by atoms with E-state index in [4.69, 9.17) is 10.00 Å². The Morgan fingerprint density at radius 3 is 3.07 bits per heavy atom. The number of fused-ring (bicyclic) bond motifs is 1. The van der Waals surface area contributed by atoms with Crippen LogP contribution in [0.4, 0.5) is 0 Å². The average Bonchev–Trinajstić information content (AvgIpc) is 2.23. The molecule has 3 nitrogen and oxygen atoms in total.